The van der Waals surface area contributed by atoms with Crippen LogP contribution < -0.4 is 103 Å². The minimum atomic E-state index is 0. The van der Waals surface area contributed by atoms with Gasteiger partial charge in [0.1, 0.15) is 0 Å². The van der Waals surface area contributed by atoms with Crippen molar-refractivity contribution in [3.63, 3.8) is 0 Å². The quantitative estimate of drug-likeness (QED) is 0.313. The van der Waals surface area contributed by atoms with Gasteiger partial charge in [-0.25, -0.2) is 15.8 Å². The fourth-order valence-corrected chi connectivity index (χ4v) is 0. The van der Waals surface area contributed by atoms with E-state index in [-0.39, 0.29) is 119 Å². The van der Waals surface area contributed by atoms with Crippen LogP contribution in [0, 0.1) is 47.3 Å². The molecule has 7 heteroatoms. The Kier molecular flexibility index (Phi) is 2200. The monoisotopic (exact) mass is 243 g/mol. The van der Waals surface area contributed by atoms with Crippen molar-refractivity contribution < 1.29 is 119 Å². The molecule has 0 aromatic heterocycles. The predicted octanol–water partition coefficient (Wildman–Crippen LogP) is -5.48. The Hall–Kier alpha value is 1.73. The molecule has 0 atom stereocenters. The van der Waals surface area contributed by atoms with E-state index in [2.05, 4.69) is 19.7 Å². The van der Waals surface area contributed by atoms with Crippen LogP contribution in [0.2, 0.25) is 0 Å². The van der Waals surface area contributed by atoms with E-state index in [4.69, 9.17) is 27.6 Å². The Morgan fingerprint density at radius 2 is 0.636 bits per heavy atom. The third-order valence-corrected chi connectivity index (χ3v) is 0. The van der Waals surface area contributed by atoms with Crippen molar-refractivity contribution in [2.45, 2.75) is 0 Å². The molecule has 0 heterocycles. The summed E-state index contributed by atoms with van der Waals surface area (Å²) < 4.78 is 0. The standard InChI is InChI=1S/3CHN.CN.2K.Ni/c4*1-2;;;/h3*1H;;;;/q;;;-1;2*+1;. The van der Waals surface area contributed by atoms with Gasteiger partial charge >= 0.3 is 103 Å². The Morgan fingerprint density at radius 3 is 0.636 bits per heavy atom. The van der Waals surface area contributed by atoms with E-state index >= 15 is 0 Å². The van der Waals surface area contributed by atoms with Crippen molar-refractivity contribution in [1.29, 1.82) is 21.0 Å². The number of nitriles is 3. The molecule has 0 aliphatic heterocycles. The van der Waals surface area contributed by atoms with Gasteiger partial charge in [0.25, 0.3) is 0 Å². The molecular weight excluding hydrogens is 241 g/mol. The summed E-state index contributed by atoms with van der Waals surface area (Å²) in [5.41, 5.74) is 0. The summed E-state index contributed by atoms with van der Waals surface area (Å²) >= 11 is 0. The van der Waals surface area contributed by atoms with Crippen molar-refractivity contribution in [2.75, 3.05) is 0 Å². The normalized spacial score (nSPS) is 0.727. The van der Waals surface area contributed by atoms with Crippen LogP contribution in [0.25, 0.3) is 0 Å². The summed E-state index contributed by atoms with van der Waals surface area (Å²) in [5.74, 6) is 0. The molecule has 0 unspecified atom stereocenters. The Bertz CT molecular complexity index is 63.1. The van der Waals surface area contributed by atoms with Gasteiger partial charge in [0.05, 0.1) is 0 Å². The molecule has 0 saturated carbocycles. The molecular formula is C4H3K2N4Ni+. The minimum Gasteiger partial charge on any atom is -0.512 e. The fourth-order valence-electron chi connectivity index (χ4n) is 0. The van der Waals surface area contributed by atoms with E-state index in [9.17, 15) is 0 Å². The van der Waals surface area contributed by atoms with Gasteiger partial charge in [-0.1, -0.05) is 0 Å². The molecule has 0 saturated heterocycles. The molecule has 0 N–H and O–H groups in total. The third kappa shape index (κ3) is 372. The van der Waals surface area contributed by atoms with Gasteiger partial charge in [-0.2, -0.15) is 0 Å². The molecule has 0 amide bonds. The van der Waals surface area contributed by atoms with Crippen LogP contribution in [0.5, 0.6) is 0 Å². The second-order valence-corrected chi connectivity index (χ2v) is 0. The first-order valence-corrected chi connectivity index (χ1v) is 0.998. The zero-order valence-corrected chi connectivity index (χ0v) is 13.6. The average molecular weight is 244 g/mol. The average Bonchev–Trinajstić information content (AvgIpc) is 2.03. The second-order valence-electron chi connectivity index (χ2n) is 0. The van der Waals surface area contributed by atoms with Crippen molar-refractivity contribution >= 4 is 0 Å². The van der Waals surface area contributed by atoms with Gasteiger partial charge in [0.15, 0.2) is 0 Å². The number of hydrogen-bond donors (Lipinski definition) is 0. The smallest absolute Gasteiger partial charge is 0.512 e. The molecule has 50 valence electrons. The van der Waals surface area contributed by atoms with Crippen LogP contribution in [-0.4, -0.2) is 0 Å². The topological polar surface area (TPSA) is 95.2 Å². The molecule has 0 rings (SSSR count). The van der Waals surface area contributed by atoms with Crippen molar-refractivity contribution in [3.05, 3.63) is 6.57 Å². The van der Waals surface area contributed by atoms with Crippen LogP contribution in [0.15, 0.2) is 0 Å². The molecule has 0 aromatic rings. The maximum Gasteiger partial charge on any atom is 1.00 e. The largest absolute Gasteiger partial charge is 1.00 e. The summed E-state index contributed by atoms with van der Waals surface area (Å²) in [4.78, 5) is 0. The summed E-state index contributed by atoms with van der Waals surface area (Å²) in [7, 11) is 0. The molecule has 0 radical (unpaired) electrons. The van der Waals surface area contributed by atoms with Gasteiger partial charge in [0, 0.05) is 36.2 Å². The van der Waals surface area contributed by atoms with Gasteiger partial charge in [-0.05, 0) is 0 Å². The van der Waals surface area contributed by atoms with E-state index < -0.39 is 0 Å². The van der Waals surface area contributed by atoms with Gasteiger partial charge < -0.3 is 11.8 Å². The van der Waals surface area contributed by atoms with Crippen molar-refractivity contribution in [2.24, 2.45) is 0 Å². The summed E-state index contributed by atoms with van der Waals surface area (Å²) in [6.45, 7) is 15.2. The van der Waals surface area contributed by atoms with Crippen molar-refractivity contribution in [3.8, 4) is 19.7 Å². The van der Waals surface area contributed by atoms with E-state index in [0.717, 1.165) is 0 Å². The molecule has 0 spiro atoms. The Morgan fingerprint density at radius 1 is 0.636 bits per heavy atom. The molecule has 0 aromatic carbocycles. The number of hydrogen-bond acceptors (Lipinski definition) is 4. The first-order valence-electron chi connectivity index (χ1n) is 0.998. The molecule has 0 fully saturated rings. The van der Waals surface area contributed by atoms with Gasteiger partial charge in [-0.15, -0.1) is 0 Å². The van der Waals surface area contributed by atoms with E-state index in [1.807, 2.05) is 0 Å². The maximum absolute atomic E-state index is 6.50. The number of rotatable bonds is 0. The van der Waals surface area contributed by atoms with Crippen LogP contribution in [0.1, 0.15) is 0 Å². The number of nitrogens with zero attached hydrogens (tertiary/aromatic N) is 4. The predicted molar refractivity (Wildman–Crippen MR) is 25.0 cm³/mol. The van der Waals surface area contributed by atoms with Gasteiger partial charge in [0.2, 0.25) is 0 Å². The molecule has 11 heavy (non-hydrogen) atoms. The zero-order valence-electron chi connectivity index (χ0n) is 6.34. The Balaban J connectivity index is -0.00000000356. The summed E-state index contributed by atoms with van der Waals surface area (Å²) in [6, 6.07) is 0. The maximum atomic E-state index is 6.50. The van der Waals surface area contributed by atoms with Crippen LogP contribution in [-0.2, 0) is 16.5 Å². The first-order chi connectivity index (χ1) is 4.00. The minimum absolute atomic E-state index is 0. The third-order valence-electron chi connectivity index (χ3n) is 0. The second kappa shape index (κ2) is 453. The van der Waals surface area contributed by atoms with Gasteiger partial charge in [-0.3, -0.25) is 0 Å². The molecule has 4 nitrogen and oxygen atoms in total. The first kappa shape index (κ1) is 53.4. The van der Waals surface area contributed by atoms with Crippen LogP contribution in [0.4, 0.5) is 0 Å². The molecule has 0 aliphatic rings. The van der Waals surface area contributed by atoms with Crippen LogP contribution >= 0.6 is 0 Å². The summed E-state index contributed by atoms with van der Waals surface area (Å²) in [5, 5.41) is 25.8. The molecule has 0 aliphatic carbocycles. The fraction of sp³-hybridized carbons (Fsp3) is 0. The van der Waals surface area contributed by atoms with E-state index in [1.165, 1.54) is 0 Å². The van der Waals surface area contributed by atoms with E-state index in [0.29, 0.717) is 0 Å². The SMILES string of the molecule is C#N.C#N.C#N.[C-]#N.[K+].[K+].[Ni]. The Labute approximate surface area is 162 Å². The zero-order chi connectivity index (χ0) is 8.00. The van der Waals surface area contributed by atoms with Crippen LogP contribution in [0.3, 0.4) is 0 Å². The van der Waals surface area contributed by atoms with E-state index in [1.54, 1.807) is 0 Å². The molecule has 0 bridgehead atoms. The van der Waals surface area contributed by atoms with Crippen molar-refractivity contribution in [1.82, 2.24) is 0 Å². The summed E-state index contributed by atoms with van der Waals surface area (Å²) in [6.07, 6.45) is 0.